The zero-order valence-corrected chi connectivity index (χ0v) is 12.7. The molecule has 1 saturated carbocycles. The van der Waals surface area contributed by atoms with Crippen molar-refractivity contribution in [1.82, 2.24) is 5.32 Å². The Hall–Kier alpha value is -2.17. The minimum Gasteiger partial charge on any atom is -0.481 e. The van der Waals surface area contributed by atoms with Gasteiger partial charge >= 0.3 is 5.97 Å². The number of rotatable bonds is 4. The zero-order chi connectivity index (χ0) is 16.1. The normalized spacial score (nSPS) is 21.7. The smallest absolute Gasteiger partial charge is 0.308 e. The summed E-state index contributed by atoms with van der Waals surface area (Å²) in [6.07, 6.45) is 4.11. The van der Waals surface area contributed by atoms with Gasteiger partial charge in [-0.2, -0.15) is 0 Å². The number of carboxylic acids is 1. The van der Waals surface area contributed by atoms with Crippen LogP contribution in [0.25, 0.3) is 0 Å². The summed E-state index contributed by atoms with van der Waals surface area (Å²) in [5.41, 5.74) is 0.993. The van der Waals surface area contributed by atoms with E-state index in [9.17, 15) is 19.5 Å². The van der Waals surface area contributed by atoms with Crippen molar-refractivity contribution in [2.75, 3.05) is 0 Å². The van der Waals surface area contributed by atoms with Gasteiger partial charge in [0.1, 0.15) is 0 Å². The standard InChI is InChI=1S/C17H21NO4/c1-11(19)12-7-9-13(10-8-12)16(20)18-15-6-4-2-3-5-14(15)17(21)22/h7-10,14-15H,2-6H2,1H3,(H,18,20)(H,21,22)/t14-,15+/m1/s1. The number of aliphatic carboxylic acids is 1. The van der Waals surface area contributed by atoms with Gasteiger partial charge in [-0.05, 0) is 31.9 Å². The second kappa shape index (κ2) is 7.20. The van der Waals surface area contributed by atoms with E-state index >= 15 is 0 Å². The molecular formula is C17H21NO4. The average Bonchev–Trinajstić information content (AvgIpc) is 2.72. The maximum Gasteiger partial charge on any atom is 0.308 e. The number of hydrogen-bond acceptors (Lipinski definition) is 3. The number of nitrogens with one attached hydrogen (secondary N) is 1. The molecule has 1 aromatic carbocycles. The van der Waals surface area contributed by atoms with Gasteiger partial charge in [0, 0.05) is 17.2 Å². The minimum atomic E-state index is -0.848. The molecular weight excluding hydrogens is 282 g/mol. The Morgan fingerprint density at radius 3 is 2.18 bits per heavy atom. The van der Waals surface area contributed by atoms with Crippen LogP contribution in [-0.2, 0) is 4.79 Å². The first-order chi connectivity index (χ1) is 10.5. The molecule has 22 heavy (non-hydrogen) atoms. The lowest BCUT2D eigenvalue weighted by molar-refractivity contribution is -0.142. The molecule has 0 aliphatic heterocycles. The molecule has 1 amide bonds. The van der Waals surface area contributed by atoms with Gasteiger partial charge in [-0.3, -0.25) is 14.4 Å². The van der Waals surface area contributed by atoms with Gasteiger partial charge in [-0.15, -0.1) is 0 Å². The monoisotopic (exact) mass is 303 g/mol. The highest BCUT2D eigenvalue weighted by Crippen LogP contribution is 2.24. The number of benzene rings is 1. The fourth-order valence-corrected chi connectivity index (χ4v) is 2.88. The number of carbonyl (C=O) groups excluding carboxylic acids is 2. The molecule has 5 nitrogen and oxygen atoms in total. The Balaban J connectivity index is 2.08. The topological polar surface area (TPSA) is 83.5 Å². The Labute approximate surface area is 129 Å². The molecule has 2 atom stereocenters. The Bertz CT molecular complexity index is 565. The molecule has 1 aliphatic rings. The van der Waals surface area contributed by atoms with Crippen LogP contribution in [0.15, 0.2) is 24.3 Å². The van der Waals surface area contributed by atoms with E-state index < -0.39 is 11.9 Å². The molecule has 2 rings (SSSR count). The van der Waals surface area contributed by atoms with Crippen LogP contribution in [0.1, 0.15) is 59.7 Å². The van der Waals surface area contributed by atoms with Gasteiger partial charge in [0.25, 0.3) is 5.91 Å². The number of carbonyl (C=O) groups is 3. The summed E-state index contributed by atoms with van der Waals surface area (Å²) in [7, 11) is 0. The van der Waals surface area contributed by atoms with Crippen molar-refractivity contribution in [3.63, 3.8) is 0 Å². The quantitative estimate of drug-likeness (QED) is 0.661. The third kappa shape index (κ3) is 3.93. The lowest BCUT2D eigenvalue weighted by Crippen LogP contribution is -2.42. The Morgan fingerprint density at radius 1 is 1.00 bits per heavy atom. The molecule has 1 fully saturated rings. The van der Waals surface area contributed by atoms with Gasteiger partial charge in [-0.25, -0.2) is 0 Å². The highest BCUT2D eigenvalue weighted by molar-refractivity contribution is 5.98. The first kappa shape index (κ1) is 16.2. The fraction of sp³-hybridized carbons (Fsp3) is 0.471. The molecule has 0 radical (unpaired) electrons. The Kier molecular flexibility index (Phi) is 5.31. The zero-order valence-electron chi connectivity index (χ0n) is 12.7. The largest absolute Gasteiger partial charge is 0.481 e. The molecule has 118 valence electrons. The highest BCUT2D eigenvalue weighted by atomic mass is 16.4. The van der Waals surface area contributed by atoms with Crippen molar-refractivity contribution in [3.8, 4) is 0 Å². The number of hydrogen-bond donors (Lipinski definition) is 2. The van der Waals surface area contributed by atoms with Crippen molar-refractivity contribution < 1.29 is 19.5 Å². The molecule has 5 heteroatoms. The van der Waals surface area contributed by atoms with Crippen LogP contribution >= 0.6 is 0 Å². The number of ketones is 1. The van der Waals surface area contributed by atoms with Crippen molar-refractivity contribution in [1.29, 1.82) is 0 Å². The third-order valence-electron chi connectivity index (χ3n) is 4.20. The predicted molar refractivity (Wildman–Crippen MR) is 81.9 cm³/mol. The van der Waals surface area contributed by atoms with Crippen LogP contribution in [-0.4, -0.2) is 28.8 Å². The van der Waals surface area contributed by atoms with Crippen LogP contribution in [0, 0.1) is 5.92 Å². The molecule has 1 aromatic rings. The van der Waals surface area contributed by atoms with E-state index in [4.69, 9.17) is 0 Å². The second-order valence-corrected chi connectivity index (χ2v) is 5.80. The van der Waals surface area contributed by atoms with Gasteiger partial charge in [0.2, 0.25) is 0 Å². The molecule has 0 heterocycles. The first-order valence-electron chi connectivity index (χ1n) is 7.63. The van der Waals surface area contributed by atoms with Crippen LogP contribution in [0.2, 0.25) is 0 Å². The van der Waals surface area contributed by atoms with Gasteiger partial charge in [0.05, 0.1) is 5.92 Å². The summed E-state index contributed by atoms with van der Waals surface area (Å²) in [6.45, 7) is 1.47. The van der Waals surface area contributed by atoms with E-state index in [1.807, 2.05) is 0 Å². The minimum absolute atomic E-state index is 0.0540. The van der Waals surface area contributed by atoms with E-state index in [2.05, 4.69) is 5.32 Å². The van der Waals surface area contributed by atoms with Crippen molar-refractivity contribution >= 4 is 17.7 Å². The van der Waals surface area contributed by atoms with E-state index in [0.29, 0.717) is 24.0 Å². The lowest BCUT2D eigenvalue weighted by Gasteiger charge is -2.22. The SMILES string of the molecule is CC(=O)c1ccc(C(=O)N[C@H]2CCCCC[C@H]2C(=O)O)cc1. The van der Waals surface area contributed by atoms with Gasteiger partial charge in [-0.1, -0.05) is 31.4 Å². The van der Waals surface area contributed by atoms with E-state index in [1.165, 1.54) is 6.92 Å². The molecule has 0 saturated heterocycles. The van der Waals surface area contributed by atoms with Crippen LogP contribution in [0.3, 0.4) is 0 Å². The van der Waals surface area contributed by atoms with Crippen molar-refractivity contribution in [3.05, 3.63) is 35.4 Å². The van der Waals surface area contributed by atoms with E-state index in [-0.39, 0.29) is 17.7 Å². The van der Waals surface area contributed by atoms with Crippen LogP contribution in [0.4, 0.5) is 0 Å². The number of carboxylic acid groups (broad SMARTS) is 1. The predicted octanol–water partition coefficient (Wildman–Crippen LogP) is 2.65. The number of Topliss-reactive ketones (excluding diaryl/α,β-unsaturated/α-hetero) is 1. The van der Waals surface area contributed by atoms with Gasteiger partial charge in [0.15, 0.2) is 5.78 Å². The fourth-order valence-electron chi connectivity index (χ4n) is 2.88. The Morgan fingerprint density at radius 2 is 1.59 bits per heavy atom. The summed E-state index contributed by atoms with van der Waals surface area (Å²) in [4.78, 5) is 34.9. The molecule has 0 unspecified atom stereocenters. The second-order valence-electron chi connectivity index (χ2n) is 5.80. The molecule has 0 aromatic heterocycles. The van der Waals surface area contributed by atoms with Crippen molar-refractivity contribution in [2.24, 2.45) is 5.92 Å². The number of amides is 1. The first-order valence-corrected chi connectivity index (χ1v) is 7.63. The molecule has 0 spiro atoms. The molecule has 0 bridgehead atoms. The van der Waals surface area contributed by atoms with E-state index in [0.717, 1.165) is 19.3 Å². The average molecular weight is 303 g/mol. The highest BCUT2D eigenvalue weighted by Gasteiger charge is 2.30. The lowest BCUT2D eigenvalue weighted by atomic mass is 9.94. The third-order valence-corrected chi connectivity index (χ3v) is 4.20. The van der Waals surface area contributed by atoms with Gasteiger partial charge < -0.3 is 10.4 Å². The van der Waals surface area contributed by atoms with E-state index in [1.54, 1.807) is 24.3 Å². The maximum absolute atomic E-state index is 12.3. The van der Waals surface area contributed by atoms with Crippen LogP contribution in [0.5, 0.6) is 0 Å². The molecule has 1 aliphatic carbocycles. The summed E-state index contributed by atoms with van der Waals surface area (Å²) < 4.78 is 0. The summed E-state index contributed by atoms with van der Waals surface area (Å²) in [5, 5.41) is 12.2. The summed E-state index contributed by atoms with van der Waals surface area (Å²) >= 11 is 0. The maximum atomic E-state index is 12.3. The van der Waals surface area contributed by atoms with Crippen LogP contribution < -0.4 is 5.32 Å². The van der Waals surface area contributed by atoms with Crippen molar-refractivity contribution in [2.45, 2.75) is 45.1 Å². The summed E-state index contributed by atoms with van der Waals surface area (Å²) in [6, 6.07) is 6.08. The summed E-state index contributed by atoms with van der Waals surface area (Å²) in [5.74, 6) is -1.71. The molecule has 2 N–H and O–H groups in total.